The molecule has 0 amide bonds. The van der Waals surface area contributed by atoms with Crippen LogP contribution < -0.4 is 10.4 Å². The maximum Gasteiger partial charge on any atom is 0.338 e. The number of benzene rings is 3. The Kier molecular flexibility index (Phi) is 11.3. The molecule has 8 heteroatoms. The van der Waals surface area contributed by atoms with Crippen LogP contribution in [-0.2, 0) is 18.6 Å². The number of rotatable bonds is 12. The van der Waals surface area contributed by atoms with Gasteiger partial charge in [-0.1, -0.05) is 99.6 Å². The molecule has 3 aromatic carbocycles. The van der Waals surface area contributed by atoms with Crippen molar-refractivity contribution in [2.75, 3.05) is 6.61 Å². The highest BCUT2D eigenvalue weighted by Gasteiger charge is 2.53. The molecular weight excluding hydrogens is 560 g/mol. The fourth-order valence-corrected chi connectivity index (χ4v) is 10.6. The zero-order chi connectivity index (χ0) is 31.0. The van der Waals surface area contributed by atoms with Gasteiger partial charge in [-0.15, -0.1) is 0 Å². The van der Waals surface area contributed by atoms with E-state index in [9.17, 15) is 15.0 Å². The molecule has 7 nitrogen and oxygen atoms in total. The summed E-state index contributed by atoms with van der Waals surface area (Å²) in [6.07, 6.45) is -2.11. The normalized spacial score (nSPS) is 22.5. The minimum atomic E-state index is -2.91. The van der Waals surface area contributed by atoms with E-state index in [2.05, 4.69) is 69.3 Å². The quantitative estimate of drug-likeness (QED) is 0.225. The molecule has 2 N–H and O–H groups in total. The molecule has 1 heterocycles. The Morgan fingerprint density at radius 3 is 1.95 bits per heavy atom. The van der Waals surface area contributed by atoms with E-state index >= 15 is 0 Å². The van der Waals surface area contributed by atoms with Crippen LogP contribution in [-0.4, -0.2) is 67.9 Å². The van der Waals surface area contributed by atoms with Gasteiger partial charge < -0.3 is 28.8 Å². The van der Waals surface area contributed by atoms with Gasteiger partial charge in [-0.3, -0.25) is 0 Å². The highest BCUT2D eigenvalue weighted by molar-refractivity contribution is 6.99. The van der Waals surface area contributed by atoms with Gasteiger partial charge in [0.25, 0.3) is 8.32 Å². The van der Waals surface area contributed by atoms with Crippen molar-refractivity contribution in [3.8, 4) is 0 Å². The molecule has 4 rings (SSSR count). The van der Waals surface area contributed by atoms with E-state index in [1.54, 1.807) is 24.3 Å². The molecular formula is C35H46O7Si. The monoisotopic (exact) mass is 606 g/mol. The van der Waals surface area contributed by atoms with Crippen molar-refractivity contribution in [1.29, 1.82) is 0 Å². The van der Waals surface area contributed by atoms with Crippen molar-refractivity contribution in [3.63, 3.8) is 0 Å². The maximum absolute atomic E-state index is 13.2. The lowest BCUT2D eigenvalue weighted by Crippen LogP contribution is -2.69. The fourth-order valence-electron chi connectivity index (χ4n) is 5.80. The summed E-state index contributed by atoms with van der Waals surface area (Å²) in [4.78, 5) is 13.2. The molecule has 43 heavy (non-hydrogen) atoms. The average molecular weight is 607 g/mol. The third kappa shape index (κ3) is 8.00. The Balaban J connectivity index is 1.66. The molecule has 6 atom stereocenters. The van der Waals surface area contributed by atoms with Crippen molar-refractivity contribution in [3.05, 3.63) is 96.6 Å². The van der Waals surface area contributed by atoms with Gasteiger partial charge in [0.2, 0.25) is 0 Å². The summed E-state index contributed by atoms with van der Waals surface area (Å²) in [6.45, 7) is 10.3. The van der Waals surface area contributed by atoms with Crippen LogP contribution in [0.15, 0.2) is 91.0 Å². The van der Waals surface area contributed by atoms with Crippen LogP contribution >= 0.6 is 0 Å². The molecule has 1 aliphatic rings. The Morgan fingerprint density at radius 2 is 1.44 bits per heavy atom. The summed E-state index contributed by atoms with van der Waals surface area (Å²) >= 11 is 0. The largest absolute Gasteiger partial charge is 0.453 e. The van der Waals surface area contributed by atoms with E-state index in [1.807, 2.05) is 32.0 Å². The van der Waals surface area contributed by atoms with Gasteiger partial charge in [0.1, 0.15) is 0 Å². The lowest BCUT2D eigenvalue weighted by molar-refractivity contribution is -0.271. The summed E-state index contributed by atoms with van der Waals surface area (Å²) in [6, 6.07) is 29.8. The van der Waals surface area contributed by atoms with Crippen molar-refractivity contribution < 1.29 is 33.6 Å². The van der Waals surface area contributed by atoms with Crippen molar-refractivity contribution >= 4 is 24.7 Å². The standard InChI is InChI=1S/C35H46O7Si/c1-25(21-22-28(37)24-36)39-34-32(41-33(38)27-15-9-6-10-16-27)23-31(26(2)40-34)42-43(35(3,4)5,29-17-11-7-12-18-29)30-19-13-8-14-20-30/h6-20,25-26,28,31-32,34,36-37H,21-24H2,1-5H3/t25-,26+,28?,31-,32-,34-/m1/s1. The molecule has 1 aliphatic heterocycles. The second kappa shape index (κ2) is 14.7. The molecule has 232 valence electrons. The van der Waals surface area contributed by atoms with E-state index in [4.69, 9.17) is 18.6 Å². The number of esters is 1. The number of carbonyl (C=O) groups excluding carboxylic acids is 1. The van der Waals surface area contributed by atoms with E-state index in [0.29, 0.717) is 24.8 Å². The predicted octanol–water partition coefficient (Wildman–Crippen LogP) is 4.83. The lowest BCUT2D eigenvalue weighted by Gasteiger charge is -2.48. The summed E-state index contributed by atoms with van der Waals surface area (Å²) in [5.74, 6) is -0.454. The zero-order valence-electron chi connectivity index (χ0n) is 25.9. The first-order valence-corrected chi connectivity index (χ1v) is 17.1. The molecule has 1 saturated heterocycles. The smallest absolute Gasteiger partial charge is 0.338 e. The number of aliphatic hydroxyl groups excluding tert-OH is 2. The SMILES string of the molecule is C[C@H](CCC(O)CO)O[C@@H]1O[C@@H](C)[C@H](O[Si](c2ccccc2)(c2ccccc2)C(C)(C)C)C[C@H]1OC(=O)c1ccccc1. The third-order valence-electron chi connectivity index (χ3n) is 8.14. The molecule has 0 saturated carbocycles. The van der Waals surface area contributed by atoms with Gasteiger partial charge in [-0.2, -0.15) is 0 Å². The predicted molar refractivity (Wildman–Crippen MR) is 170 cm³/mol. The van der Waals surface area contributed by atoms with E-state index in [1.165, 1.54) is 0 Å². The number of carbonyl (C=O) groups is 1. The number of ether oxygens (including phenoxy) is 3. The Bertz CT molecular complexity index is 1230. The summed E-state index contributed by atoms with van der Waals surface area (Å²) in [5, 5.41) is 21.1. The Hall–Kier alpha value is -2.85. The average Bonchev–Trinajstić information content (AvgIpc) is 3.01. The number of hydrogen-bond acceptors (Lipinski definition) is 7. The molecule has 0 bridgehead atoms. The first-order valence-electron chi connectivity index (χ1n) is 15.2. The molecule has 0 aromatic heterocycles. The highest BCUT2D eigenvalue weighted by atomic mass is 28.4. The molecule has 1 fully saturated rings. The number of aliphatic hydroxyl groups is 2. The highest BCUT2D eigenvalue weighted by Crippen LogP contribution is 2.40. The first-order chi connectivity index (χ1) is 20.5. The van der Waals surface area contributed by atoms with Crippen LogP contribution in [0.1, 0.15) is 64.2 Å². The molecule has 0 aliphatic carbocycles. The summed E-state index contributed by atoms with van der Waals surface area (Å²) in [5.41, 5.74) is 0.448. The minimum absolute atomic E-state index is 0.235. The molecule has 0 spiro atoms. The van der Waals surface area contributed by atoms with Crippen LogP contribution in [0.5, 0.6) is 0 Å². The molecule has 0 radical (unpaired) electrons. The second-order valence-corrected chi connectivity index (χ2v) is 16.7. The van der Waals surface area contributed by atoms with Crippen LogP contribution in [0.3, 0.4) is 0 Å². The summed E-state index contributed by atoms with van der Waals surface area (Å²) < 4.78 is 26.2. The second-order valence-electron chi connectivity index (χ2n) is 12.4. The molecule has 3 aromatic rings. The lowest BCUT2D eigenvalue weighted by atomic mass is 10.0. The van der Waals surface area contributed by atoms with E-state index < -0.39 is 32.8 Å². The fraction of sp³-hybridized carbons (Fsp3) is 0.457. The van der Waals surface area contributed by atoms with Crippen LogP contribution in [0, 0.1) is 0 Å². The third-order valence-corrected chi connectivity index (χ3v) is 13.2. The maximum atomic E-state index is 13.2. The van der Waals surface area contributed by atoms with Crippen molar-refractivity contribution in [2.45, 2.75) is 95.7 Å². The van der Waals surface area contributed by atoms with Gasteiger partial charge in [0, 0.05) is 6.42 Å². The van der Waals surface area contributed by atoms with Gasteiger partial charge in [0.05, 0.1) is 36.6 Å². The van der Waals surface area contributed by atoms with Gasteiger partial charge in [0.15, 0.2) is 12.4 Å². The van der Waals surface area contributed by atoms with Crippen molar-refractivity contribution in [1.82, 2.24) is 0 Å². The minimum Gasteiger partial charge on any atom is -0.453 e. The van der Waals surface area contributed by atoms with Crippen molar-refractivity contribution in [2.24, 2.45) is 0 Å². The summed E-state index contributed by atoms with van der Waals surface area (Å²) in [7, 11) is -2.91. The zero-order valence-corrected chi connectivity index (χ0v) is 26.9. The number of hydrogen-bond donors (Lipinski definition) is 2. The van der Waals surface area contributed by atoms with Crippen LogP contribution in [0.25, 0.3) is 0 Å². The Morgan fingerprint density at radius 1 is 0.907 bits per heavy atom. The molecule has 1 unspecified atom stereocenters. The van der Waals surface area contributed by atoms with Gasteiger partial charge in [-0.05, 0) is 54.2 Å². The Labute approximate surface area is 256 Å². The van der Waals surface area contributed by atoms with Crippen LogP contribution in [0.2, 0.25) is 5.04 Å². The topological polar surface area (TPSA) is 94.5 Å². The van der Waals surface area contributed by atoms with E-state index in [-0.39, 0.29) is 30.0 Å². The van der Waals surface area contributed by atoms with Crippen LogP contribution in [0.4, 0.5) is 0 Å². The van der Waals surface area contributed by atoms with Gasteiger partial charge >= 0.3 is 5.97 Å². The van der Waals surface area contributed by atoms with Gasteiger partial charge in [-0.25, -0.2) is 4.79 Å². The van der Waals surface area contributed by atoms with E-state index in [0.717, 1.165) is 10.4 Å². The first kappa shape index (κ1) is 33.0.